The Morgan fingerprint density at radius 3 is 2.12 bits per heavy atom. The number of nitrogens with one attached hydrogen (secondary N) is 2. The quantitative estimate of drug-likeness (QED) is 0.225. The van der Waals surface area contributed by atoms with Crippen molar-refractivity contribution in [3.8, 4) is 11.3 Å². The summed E-state index contributed by atoms with van der Waals surface area (Å²) in [6.07, 6.45) is 1.70. The number of benzene rings is 3. The van der Waals surface area contributed by atoms with E-state index in [0.717, 1.165) is 37.6 Å². The summed E-state index contributed by atoms with van der Waals surface area (Å²) >= 11 is 9.95. The van der Waals surface area contributed by atoms with E-state index in [-0.39, 0.29) is 13.1 Å². The Labute approximate surface area is 248 Å². The third kappa shape index (κ3) is 5.31. The zero-order valence-electron chi connectivity index (χ0n) is 21.5. The second-order valence-electron chi connectivity index (χ2n) is 9.42. The minimum absolute atomic E-state index is 0.267. The average Bonchev–Trinajstić information content (AvgIpc) is 3.48. The summed E-state index contributed by atoms with van der Waals surface area (Å²) in [5.74, 6) is -0.567. The van der Waals surface area contributed by atoms with Gasteiger partial charge in [-0.25, -0.2) is 4.98 Å². The van der Waals surface area contributed by atoms with Crippen LogP contribution in [0, 0.1) is 0 Å². The maximum absolute atomic E-state index is 12.5. The second kappa shape index (κ2) is 11.1. The maximum atomic E-state index is 12.5. The molecule has 1 aliphatic heterocycles. The predicted molar refractivity (Wildman–Crippen MR) is 159 cm³/mol. The molecule has 41 heavy (non-hydrogen) atoms. The Hall–Kier alpha value is -4.54. The molecule has 5 aromatic rings. The number of hydrogen-bond acceptors (Lipinski definition) is 6. The molecule has 2 N–H and O–H groups in total. The van der Waals surface area contributed by atoms with Crippen molar-refractivity contribution < 1.29 is 14.4 Å². The van der Waals surface area contributed by atoms with Crippen LogP contribution in [-0.4, -0.2) is 43.8 Å². The molecule has 3 amide bonds. The van der Waals surface area contributed by atoms with Crippen molar-refractivity contribution in [3.05, 3.63) is 117 Å². The zero-order chi connectivity index (χ0) is 28.5. The SMILES string of the molecule is O=C(CN1C(=O)c2ccccc2C1=O)NCc1ccc(CNc2cc(-c3ccccc3Cl)nc3c(Br)cnn23)cc1. The number of aromatic nitrogens is 3. The molecule has 0 radical (unpaired) electrons. The topological polar surface area (TPSA) is 109 Å². The molecule has 0 saturated carbocycles. The maximum Gasteiger partial charge on any atom is 0.262 e. The van der Waals surface area contributed by atoms with E-state index in [1.165, 1.54) is 0 Å². The van der Waals surface area contributed by atoms with Crippen LogP contribution in [0.1, 0.15) is 31.8 Å². The molecule has 1 aliphatic rings. The molecule has 3 heterocycles. The van der Waals surface area contributed by atoms with Gasteiger partial charge in [-0.3, -0.25) is 19.3 Å². The van der Waals surface area contributed by atoms with Gasteiger partial charge in [0.1, 0.15) is 12.4 Å². The summed E-state index contributed by atoms with van der Waals surface area (Å²) in [6, 6.07) is 23.8. The first-order valence-corrected chi connectivity index (χ1v) is 13.9. The second-order valence-corrected chi connectivity index (χ2v) is 10.7. The lowest BCUT2D eigenvalue weighted by molar-refractivity contribution is -0.121. The fourth-order valence-corrected chi connectivity index (χ4v) is 5.20. The van der Waals surface area contributed by atoms with Crippen molar-refractivity contribution in [1.82, 2.24) is 24.8 Å². The van der Waals surface area contributed by atoms with Crippen LogP contribution in [-0.2, 0) is 17.9 Å². The third-order valence-electron chi connectivity index (χ3n) is 6.74. The van der Waals surface area contributed by atoms with E-state index in [9.17, 15) is 14.4 Å². The van der Waals surface area contributed by atoms with E-state index < -0.39 is 17.7 Å². The molecule has 0 unspecified atom stereocenters. The average molecular weight is 630 g/mol. The van der Waals surface area contributed by atoms with Crippen LogP contribution < -0.4 is 10.6 Å². The van der Waals surface area contributed by atoms with Crippen LogP contribution in [0.4, 0.5) is 5.82 Å². The van der Waals surface area contributed by atoms with Gasteiger partial charge in [0.25, 0.3) is 11.8 Å². The molecule has 0 bridgehead atoms. The summed E-state index contributed by atoms with van der Waals surface area (Å²) in [5, 5.41) is 11.3. The number of halogens is 2. The fourth-order valence-electron chi connectivity index (χ4n) is 4.62. The predicted octanol–water partition coefficient (Wildman–Crippen LogP) is 5.34. The van der Waals surface area contributed by atoms with Gasteiger partial charge in [0.05, 0.1) is 27.5 Å². The Morgan fingerprint density at radius 1 is 0.854 bits per heavy atom. The standard InChI is InChI=1S/C30H22BrClN6O3/c31-23-16-35-38-26(13-25(36-28(23)38)22-7-3-4-8-24(22)32)33-14-18-9-11-19(12-10-18)15-34-27(39)17-37-29(40)20-5-1-2-6-21(20)30(37)41/h1-13,16,33H,14-15,17H2,(H,34,39). The highest BCUT2D eigenvalue weighted by atomic mass is 79.9. The van der Waals surface area contributed by atoms with Gasteiger partial charge >= 0.3 is 0 Å². The largest absolute Gasteiger partial charge is 0.366 e. The number of carbonyl (C=O) groups is 3. The lowest BCUT2D eigenvalue weighted by Gasteiger charge is -2.14. The molecule has 204 valence electrons. The van der Waals surface area contributed by atoms with Gasteiger partial charge < -0.3 is 10.6 Å². The normalized spacial score (nSPS) is 12.6. The minimum Gasteiger partial charge on any atom is -0.366 e. The van der Waals surface area contributed by atoms with Crippen LogP contribution in [0.5, 0.6) is 0 Å². The molecular weight excluding hydrogens is 608 g/mol. The first-order valence-electron chi connectivity index (χ1n) is 12.7. The molecule has 3 aromatic carbocycles. The molecule has 0 spiro atoms. The molecular formula is C30H22BrClN6O3. The van der Waals surface area contributed by atoms with Crippen molar-refractivity contribution in [1.29, 1.82) is 0 Å². The third-order valence-corrected chi connectivity index (χ3v) is 7.63. The molecule has 0 atom stereocenters. The molecule has 0 fully saturated rings. The van der Waals surface area contributed by atoms with Crippen LogP contribution in [0.3, 0.4) is 0 Å². The van der Waals surface area contributed by atoms with Gasteiger partial charge in [0.2, 0.25) is 5.91 Å². The number of amides is 3. The van der Waals surface area contributed by atoms with Crippen molar-refractivity contribution in [3.63, 3.8) is 0 Å². The van der Waals surface area contributed by atoms with E-state index >= 15 is 0 Å². The van der Waals surface area contributed by atoms with Gasteiger partial charge in [0.15, 0.2) is 5.65 Å². The van der Waals surface area contributed by atoms with E-state index in [0.29, 0.717) is 28.3 Å². The Kier molecular flexibility index (Phi) is 7.25. The van der Waals surface area contributed by atoms with Crippen LogP contribution >= 0.6 is 27.5 Å². The van der Waals surface area contributed by atoms with E-state index in [2.05, 4.69) is 31.7 Å². The lowest BCUT2D eigenvalue weighted by atomic mass is 10.1. The van der Waals surface area contributed by atoms with Gasteiger partial charge in [-0.05, 0) is 45.3 Å². The number of hydrogen-bond donors (Lipinski definition) is 2. The van der Waals surface area contributed by atoms with Crippen molar-refractivity contribution in [2.45, 2.75) is 13.1 Å². The van der Waals surface area contributed by atoms with Crippen LogP contribution in [0.25, 0.3) is 16.9 Å². The van der Waals surface area contributed by atoms with Crippen LogP contribution in [0.2, 0.25) is 5.02 Å². The number of rotatable bonds is 8. The van der Waals surface area contributed by atoms with E-state index in [4.69, 9.17) is 16.6 Å². The van der Waals surface area contributed by atoms with Crippen LogP contribution in [0.15, 0.2) is 89.5 Å². The first kappa shape index (κ1) is 26.7. The number of anilines is 1. The minimum atomic E-state index is -0.453. The van der Waals surface area contributed by atoms with E-state index in [1.54, 1.807) is 35.0 Å². The molecule has 0 saturated heterocycles. The molecule has 0 aliphatic carbocycles. The van der Waals surface area contributed by atoms with Crippen molar-refractivity contribution >= 4 is 56.7 Å². The Morgan fingerprint density at radius 2 is 1.46 bits per heavy atom. The smallest absolute Gasteiger partial charge is 0.262 e. The monoisotopic (exact) mass is 628 g/mol. The summed E-state index contributed by atoms with van der Waals surface area (Å²) < 4.78 is 2.49. The van der Waals surface area contributed by atoms with Gasteiger partial charge in [-0.15, -0.1) is 0 Å². The Bertz CT molecular complexity index is 1790. The number of imide groups is 1. The zero-order valence-corrected chi connectivity index (χ0v) is 23.8. The van der Waals surface area contributed by atoms with Gasteiger partial charge in [0, 0.05) is 29.7 Å². The summed E-state index contributed by atoms with van der Waals surface area (Å²) in [5.41, 5.74) is 4.75. The summed E-state index contributed by atoms with van der Waals surface area (Å²) in [6.45, 7) is 0.461. The highest BCUT2D eigenvalue weighted by Crippen LogP contribution is 2.30. The highest BCUT2D eigenvalue weighted by molar-refractivity contribution is 9.10. The van der Waals surface area contributed by atoms with Crippen molar-refractivity contribution in [2.24, 2.45) is 0 Å². The number of nitrogens with zero attached hydrogens (tertiary/aromatic N) is 4. The van der Waals surface area contributed by atoms with E-state index in [1.807, 2.05) is 54.6 Å². The molecule has 9 nitrogen and oxygen atoms in total. The summed E-state index contributed by atoms with van der Waals surface area (Å²) in [4.78, 5) is 43.2. The molecule has 11 heteroatoms. The van der Waals surface area contributed by atoms with Gasteiger partial charge in [-0.1, -0.05) is 66.2 Å². The summed E-state index contributed by atoms with van der Waals surface area (Å²) in [7, 11) is 0. The Balaban J connectivity index is 1.08. The van der Waals surface area contributed by atoms with Crippen molar-refractivity contribution in [2.75, 3.05) is 11.9 Å². The molecule has 2 aromatic heterocycles. The first-order chi connectivity index (χ1) is 19.9. The van der Waals surface area contributed by atoms with Gasteiger partial charge in [-0.2, -0.15) is 9.61 Å². The molecule has 6 rings (SSSR count). The number of fused-ring (bicyclic) bond motifs is 2. The lowest BCUT2D eigenvalue weighted by Crippen LogP contribution is -2.40. The fraction of sp³-hybridized carbons (Fsp3) is 0.100. The number of carbonyl (C=O) groups excluding carboxylic acids is 3. The highest BCUT2D eigenvalue weighted by Gasteiger charge is 2.36.